The van der Waals surface area contributed by atoms with Gasteiger partial charge < -0.3 is 50.3 Å². The minimum atomic E-state index is -1.34. The topological polar surface area (TPSA) is 248 Å². The van der Waals surface area contributed by atoms with E-state index in [-0.39, 0.29) is 39.7 Å². The maximum Gasteiger partial charge on any atom is 0.488 e. The molecule has 0 spiro atoms. The fourth-order valence-corrected chi connectivity index (χ4v) is 11.2. The number of pyridine rings is 5. The van der Waals surface area contributed by atoms with E-state index in [1.54, 1.807) is 70.0 Å². The van der Waals surface area contributed by atoms with Gasteiger partial charge in [-0.3, -0.25) is 24.1 Å². The van der Waals surface area contributed by atoms with Gasteiger partial charge in [-0.25, -0.2) is 15.0 Å². The quantitative estimate of drug-likeness (QED) is 0.0304. The fraction of sp³-hybridized carbons (Fsp3) is 0.303. The summed E-state index contributed by atoms with van der Waals surface area (Å²) in [4.78, 5) is 80.9. The summed E-state index contributed by atoms with van der Waals surface area (Å²) < 4.78 is 6.00. The van der Waals surface area contributed by atoms with Gasteiger partial charge in [-0.15, -0.1) is 0 Å². The van der Waals surface area contributed by atoms with E-state index in [4.69, 9.17) is 38.0 Å². The molecule has 2 amide bonds. The van der Waals surface area contributed by atoms with Crippen LogP contribution in [0.15, 0.2) is 179 Å². The predicted octanol–water partition coefficient (Wildman–Crippen LogP) is 10.5. The van der Waals surface area contributed by atoms with Crippen LogP contribution in [0.1, 0.15) is 86.8 Å². The Morgan fingerprint density at radius 1 is 0.689 bits per heavy atom. The number of methoxy groups -OCH3 is 1. The van der Waals surface area contributed by atoms with Gasteiger partial charge in [0.05, 0.1) is 38.7 Å². The van der Waals surface area contributed by atoms with E-state index < -0.39 is 7.12 Å². The molecule has 8 aromatic rings. The molecule has 3 aliphatic rings. The Bertz CT molecular complexity index is 3640. The number of piperidine rings is 3. The number of amides is 2. The third-order valence-corrected chi connectivity index (χ3v) is 16.7. The Morgan fingerprint density at radius 3 is 1.69 bits per heavy atom. The molecule has 3 aliphatic heterocycles. The van der Waals surface area contributed by atoms with Crippen molar-refractivity contribution in [3.05, 3.63) is 216 Å². The van der Waals surface area contributed by atoms with Crippen molar-refractivity contribution in [3.63, 3.8) is 0 Å². The molecule has 469 valence electrons. The number of aromatic nitrogens is 5. The number of benzene rings is 3. The molecule has 7 N–H and O–H groups in total. The first-order chi connectivity index (χ1) is 43.5. The molecule has 3 saturated heterocycles. The SMILES string of the molecule is COc1ncc(C2CCCN([B]C=O)C2)cc1Br.C[C@@H](Br)C(=O)Nc1ccc(Cl)cn1.C[C@@H](C(=O)Nc1ccc(Cl)cn1)N1CCC[C@@H](c2c[nH]c(=O)c(-c3ccccc3)c2)C1.O=c1[nH]cc(C2CCCNC2)cc1-c1ccccc1.OB(O)c1ccccc1. The number of likely N-dealkylation sites (tertiary alicyclic amines) is 1. The highest BCUT2D eigenvalue weighted by Crippen LogP contribution is 2.32. The monoisotopic (exact) mass is 1380 g/mol. The molecule has 1 radical (unpaired) electrons. The lowest BCUT2D eigenvalue weighted by Crippen LogP contribution is -2.46. The lowest BCUT2D eigenvalue weighted by molar-refractivity contribution is -0.121. The molecule has 8 heterocycles. The molecule has 90 heavy (non-hydrogen) atoms. The number of alkyl halides is 1. The zero-order chi connectivity index (χ0) is 64.4. The number of hydrogen-bond donors (Lipinski definition) is 7. The van der Waals surface area contributed by atoms with E-state index in [1.165, 1.54) is 36.4 Å². The summed E-state index contributed by atoms with van der Waals surface area (Å²) in [6.07, 6.45) is 16.0. The van der Waals surface area contributed by atoms with Crippen LogP contribution in [0.5, 0.6) is 5.88 Å². The van der Waals surface area contributed by atoms with Crippen LogP contribution >= 0.6 is 55.1 Å². The van der Waals surface area contributed by atoms with E-state index >= 15 is 0 Å². The summed E-state index contributed by atoms with van der Waals surface area (Å²) in [5.74, 6) is 2.54. The second-order valence-electron chi connectivity index (χ2n) is 21.6. The fourth-order valence-electron chi connectivity index (χ4n) is 10.4. The lowest BCUT2D eigenvalue weighted by atomic mass is 9.81. The van der Waals surface area contributed by atoms with Crippen molar-refractivity contribution in [3.8, 4) is 28.1 Å². The van der Waals surface area contributed by atoms with Crippen LogP contribution in [0.25, 0.3) is 22.3 Å². The zero-order valence-electron chi connectivity index (χ0n) is 50.3. The summed E-state index contributed by atoms with van der Waals surface area (Å²) in [6, 6.07) is 40.7. The number of nitrogens with one attached hydrogen (secondary N) is 5. The minimum absolute atomic E-state index is 0.0151. The molecule has 0 saturated carbocycles. The van der Waals surface area contributed by atoms with Gasteiger partial charge in [0, 0.05) is 55.2 Å². The second-order valence-corrected chi connectivity index (χ2v) is 24.7. The molecule has 5 atom stereocenters. The van der Waals surface area contributed by atoms with Crippen molar-refractivity contribution in [2.75, 3.05) is 57.0 Å². The first kappa shape index (κ1) is 70.3. The number of hydrogen-bond acceptors (Lipinski definition) is 14. The minimum Gasteiger partial charge on any atom is -0.480 e. The first-order valence-electron chi connectivity index (χ1n) is 29.6. The number of carbonyl (C=O) groups excluding carboxylic acids is 3. The largest absolute Gasteiger partial charge is 0.488 e. The Hall–Kier alpha value is -7.11. The predicted molar refractivity (Wildman–Crippen MR) is 368 cm³/mol. The molecule has 3 aromatic carbocycles. The van der Waals surface area contributed by atoms with Crippen molar-refractivity contribution in [2.24, 2.45) is 0 Å². The Morgan fingerprint density at radius 2 is 1.21 bits per heavy atom. The highest BCUT2D eigenvalue weighted by Gasteiger charge is 2.29. The van der Waals surface area contributed by atoms with Gasteiger partial charge in [0.15, 0.2) is 0 Å². The van der Waals surface area contributed by atoms with E-state index in [0.29, 0.717) is 50.4 Å². The maximum atomic E-state index is 12.8. The number of aromatic amines is 2. The number of carbonyl (C=O) groups is 3. The Labute approximate surface area is 552 Å². The van der Waals surface area contributed by atoms with Gasteiger partial charge in [0.2, 0.25) is 17.7 Å². The smallest absolute Gasteiger partial charge is 0.480 e. The Kier molecular flexibility index (Phi) is 28.7. The van der Waals surface area contributed by atoms with Crippen LogP contribution in [0.3, 0.4) is 0 Å². The lowest BCUT2D eigenvalue weighted by Gasteiger charge is -2.36. The number of halogens is 4. The molecular formula is C66H73B2Br2Cl2N10O8. The van der Waals surface area contributed by atoms with Gasteiger partial charge in [-0.1, -0.05) is 130 Å². The Balaban J connectivity index is 0.000000170. The summed E-state index contributed by atoms with van der Waals surface area (Å²) in [5.41, 5.74) is 7.25. The van der Waals surface area contributed by atoms with Crippen LogP contribution < -0.4 is 37.3 Å². The van der Waals surface area contributed by atoms with Crippen LogP contribution in [-0.2, 0) is 14.4 Å². The van der Waals surface area contributed by atoms with E-state index in [2.05, 4.69) is 88.5 Å². The van der Waals surface area contributed by atoms with Crippen molar-refractivity contribution in [2.45, 2.75) is 81.0 Å². The summed E-state index contributed by atoms with van der Waals surface area (Å²) in [6.45, 7) is 9.20. The molecule has 0 bridgehead atoms. The highest BCUT2D eigenvalue weighted by molar-refractivity contribution is 9.10. The van der Waals surface area contributed by atoms with Gasteiger partial charge in [0.1, 0.15) is 11.6 Å². The molecule has 11 rings (SSSR count). The average Bonchev–Trinajstić information content (AvgIpc) is 3.03. The third kappa shape index (κ3) is 22.1. The van der Waals surface area contributed by atoms with Crippen LogP contribution in [0.4, 0.5) is 11.6 Å². The zero-order valence-corrected chi connectivity index (χ0v) is 55.0. The number of nitrogens with zero attached hydrogens (tertiary/aromatic N) is 5. The number of ether oxygens (including phenoxy) is 1. The highest BCUT2D eigenvalue weighted by atomic mass is 79.9. The van der Waals surface area contributed by atoms with Gasteiger partial charge in [-0.05, 0) is 188 Å². The molecule has 3 fully saturated rings. The standard InChI is InChI=1S/C24H25ClN4O2.C16H18N2O.C12H15BBrN2O2.C8H8BrClN2O.C6H7BO2/c1-16(23(30)28-22-10-9-20(25)14-26-22)29-11-5-8-18(15-29)19-12-21(24(31)27-13-19)17-6-3-2-4-7-17;19-16-15(12-5-2-1-3-6-12)9-14(11-18-16)13-7-4-8-17-10-13;1-18-12-11(14)5-10(6-15-12)9-3-2-4-16(7-9)13-8-17;1-5(9)8(13)12-7-3-2-6(10)4-11-7;8-7(9)6-4-2-1-3-5-6/h2-4,6-7,9-10,12-14,16,18H,5,8,11,15H2,1H3,(H,27,31)(H,26,28,30);1-3,5-6,9,11,13,17H,4,7-8,10H2,(H,18,19);5-6,8-9H,2-4,7H2,1H3;2-5H,1H3,(H,11,12,13);1-5,8-9H/t16-,18+;;;5-;/m0..1./s1. The van der Waals surface area contributed by atoms with Crippen molar-refractivity contribution >= 4 is 105 Å². The summed E-state index contributed by atoms with van der Waals surface area (Å²) >= 11 is 18.1. The second kappa shape index (κ2) is 36.7. The van der Waals surface area contributed by atoms with Crippen LogP contribution in [-0.4, -0.2) is 134 Å². The van der Waals surface area contributed by atoms with E-state index in [0.717, 1.165) is 97.9 Å². The summed E-state index contributed by atoms with van der Waals surface area (Å²) in [7, 11) is 1.89. The van der Waals surface area contributed by atoms with E-state index in [1.807, 2.05) is 104 Å². The van der Waals surface area contributed by atoms with Crippen LogP contribution in [0.2, 0.25) is 10.0 Å². The third-order valence-electron chi connectivity index (χ3n) is 15.3. The molecule has 18 nitrogen and oxygen atoms in total. The number of rotatable bonds is 14. The van der Waals surface area contributed by atoms with Crippen molar-refractivity contribution in [1.29, 1.82) is 0 Å². The number of anilines is 2. The molecule has 0 aliphatic carbocycles. The van der Waals surface area contributed by atoms with Gasteiger partial charge >= 0.3 is 7.12 Å². The van der Waals surface area contributed by atoms with Crippen molar-refractivity contribution < 1.29 is 29.2 Å². The summed E-state index contributed by atoms with van der Waals surface area (Å²) in [5, 5.41) is 27.1. The first-order valence-corrected chi connectivity index (χ1v) is 32.1. The van der Waals surface area contributed by atoms with Crippen LogP contribution in [0, 0.1) is 0 Å². The molecule has 2 unspecified atom stereocenters. The molecule has 24 heteroatoms. The average molecular weight is 1390 g/mol. The van der Waals surface area contributed by atoms with Crippen molar-refractivity contribution in [1.82, 2.24) is 39.9 Å². The number of H-pyrrole nitrogens is 2. The van der Waals surface area contributed by atoms with Gasteiger partial charge in [-0.2, -0.15) is 0 Å². The van der Waals surface area contributed by atoms with E-state index in [9.17, 15) is 24.0 Å². The molecular weight excluding hydrogens is 1310 g/mol. The van der Waals surface area contributed by atoms with Gasteiger partial charge in [0.25, 0.3) is 18.5 Å². The maximum absolute atomic E-state index is 12.8. The normalized spacial score (nSPS) is 17.0. The molecule has 5 aromatic heterocycles.